The number of nitrogens with zero attached hydrogens (tertiary/aromatic N) is 2. The Labute approximate surface area is 147 Å². The number of alkyl halides is 3. The predicted molar refractivity (Wildman–Crippen MR) is 89.9 cm³/mol. The lowest BCUT2D eigenvalue weighted by atomic mass is 10.1. The Balaban J connectivity index is 1.69. The number of rotatable bonds is 6. The third-order valence-corrected chi connectivity index (χ3v) is 3.64. The lowest BCUT2D eigenvalue weighted by Gasteiger charge is -2.10. The van der Waals surface area contributed by atoms with Crippen molar-refractivity contribution in [2.45, 2.75) is 12.6 Å². The first kappa shape index (κ1) is 17.8. The maximum Gasteiger partial charge on any atom is 0.416 e. The second-order valence-electron chi connectivity index (χ2n) is 5.48. The molecule has 1 N–H and O–H groups in total. The van der Waals surface area contributed by atoms with Crippen molar-refractivity contribution >= 4 is 5.82 Å². The van der Waals surface area contributed by atoms with Crippen molar-refractivity contribution in [1.82, 2.24) is 9.97 Å². The van der Waals surface area contributed by atoms with Gasteiger partial charge in [-0.1, -0.05) is 18.2 Å². The standard InChI is InChI=1S/C18H16F3N3O2/c1-25-17-23-14(15-6-3-9-26-15)11-16(24-17)22-8-7-12-4-2-5-13(10-12)18(19,20)21/h2-6,9-11H,7-8H2,1H3,(H,22,23,24). The molecule has 5 nitrogen and oxygen atoms in total. The van der Waals surface area contributed by atoms with Gasteiger partial charge in [0.15, 0.2) is 5.76 Å². The van der Waals surface area contributed by atoms with Crippen LogP contribution >= 0.6 is 0 Å². The van der Waals surface area contributed by atoms with E-state index in [4.69, 9.17) is 9.15 Å². The lowest BCUT2D eigenvalue weighted by Crippen LogP contribution is -2.09. The Hall–Kier alpha value is -3.03. The quantitative estimate of drug-likeness (QED) is 0.703. The summed E-state index contributed by atoms with van der Waals surface area (Å²) in [4.78, 5) is 8.39. The molecule has 0 spiro atoms. The number of methoxy groups -OCH3 is 1. The van der Waals surface area contributed by atoms with Gasteiger partial charge in [0.2, 0.25) is 0 Å². The Bertz CT molecular complexity index is 864. The van der Waals surface area contributed by atoms with Gasteiger partial charge in [-0.3, -0.25) is 0 Å². The fraction of sp³-hybridized carbons (Fsp3) is 0.222. The molecule has 0 aliphatic heterocycles. The molecule has 0 radical (unpaired) electrons. The Kier molecular flexibility index (Phi) is 5.11. The number of nitrogens with one attached hydrogen (secondary N) is 1. The van der Waals surface area contributed by atoms with Crippen LogP contribution < -0.4 is 10.1 Å². The van der Waals surface area contributed by atoms with E-state index in [2.05, 4.69) is 15.3 Å². The molecule has 0 bridgehead atoms. The predicted octanol–water partition coefficient (Wildman–Crippen LogP) is 4.42. The smallest absolute Gasteiger partial charge is 0.416 e. The molecule has 0 atom stereocenters. The highest BCUT2D eigenvalue weighted by atomic mass is 19.4. The van der Waals surface area contributed by atoms with Crippen molar-refractivity contribution in [3.8, 4) is 17.5 Å². The zero-order chi connectivity index (χ0) is 18.6. The van der Waals surface area contributed by atoms with Crippen molar-refractivity contribution in [3.05, 3.63) is 59.9 Å². The summed E-state index contributed by atoms with van der Waals surface area (Å²) in [5.41, 5.74) is 0.474. The fourth-order valence-electron chi connectivity index (χ4n) is 2.40. The highest BCUT2D eigenvalue weighted by Gasteiger charge is 2.30. The van der Waals surface area contributed by atoms with Gasteiger partial charge in [-0.2, -0.15) is 23.1 Å². The molecule has 2 heterocycles. The summed E-state index contributed by atoms with van der Waals surface area (Å²) >= 11 is 0. The van der Waals surface area contributed by atoms with Crippen LogP contribution in [-0.2, 0) is 12.6 Å². The minimum absolute atomic E-state index is 0.167. The Morgan fingerprint density at radius 1 is 1.12 bits per heavy atom. The molecule has 136 valence electrons. The average molecular weight is 363 g/mol. The Morgan fingerprint density at radius 2 is 1.96 bits per heavy atom. The van der Waals surface area contributed by atoms with Crippen molar-refractivity contribution in [2.24, 2.45) is 0 Å². The van der Waals surface area contributed by atoms with E-state index in [1.54, 1.807) is 24.3 Å². The third kappa shape index (κ3) is 4.33. The molecular formula is C18H16F3N3O2. The molecule has 0 unspecified atom stereocenters. The number of anilines is 1. The van der Waals surface area contributed by atoms with E-state index < -0.39 is 11.7 Å². The van der Waals surface area contributed by atoms with Gasteiger partial charge < -0.3 is 14.5 Å². The first-order valence-corrected chi connectivity index (χ1v) is 7.82. The van der Waals surface area contributed by atoms with Gasteiger partial charge in [-0.15, -0.1) is 0 Å². The molecule has 0 saturated carbocycles. The first-order chi connectivity index (χ1) is 12.5. The van der Waals surface area contributed by atoms with Crippen LogP contribution in [0.1, 0.15) is 11.1 Å². The summed E-state index contributed by atoms with van der Waals surface area (Å²) in [5.74, 6) is 1.06. The van der Waals surface area contributed by atoms with Gasteiger partial charge in [0, 0.05) is 12.6 Å². The van der Waals surface area contributed by atoms with E-state index in [9.17, 15) is 13.2 Å². The number of furan rings is 1. The second-order valence-corrected chi connectivity index (χ2v) is 5.48. The maximum absolute atomic E-state index is 12.8. The molecule has 26 heavy (non-hydrogen) atoms. The molecule has 0 saturated heterocycles. The van der Waals surface area contributed by atoms with Crippen LogP contribution in [0.15, 0.2) is 53.1 Å². The van der Waals surface area contributed by atoms with E-state index in [0.717, 1.165) is 12.1 Å². The molecule has 0 aliphatic carbocycles. The monoisotopic (exact) mass is 363 g/mol. The fourth-order valence-corrected chi connectivity index (χ4v) is 2.40. The van der Waals surface area contributed by atoms with Crippen LogP contribution in [0, 0.1) is 0 Å². The zero-order valence-corrected chi connectivity index (χ0v) is 13.9. The number of aromatic nitrogens is 2. The van der Waals surface area contributed by atoms with Crippen LogP contribution in [0.5, 0.6) is 6.01 Å². The highest BCUT2D eigenvalue weighted by Crippen LogP contribution is 2.29. The van der Waals surface area contributed by atoms with Gasteiger partial charge in [-0.05, 0) is 30.2 Å². The number of ether oxygens (including phenoxy) is 1. The van der Waals surface area contributed by atoms with Crippen LogP contribution in [-0.4, -0.2) is 23.6 Å². The van der Waals surface area contributed by atoms with Crippen LogP contribution in [0.3, 0.4) is 0 Å². The van der Waals surface area contributed by atoms with Crippen LogP contribution in [0.2, 0.25) is 0 Å². The van der Waals surface area contributed by atoms with E-state index in [1.807, 2.05) is 0 Å². The minimum atomic E-state index is -4.35. The van der Waals surface area contributed by atoms with Crippen LogP contribution in [0.25, 0.3) is 11.5 Å². The van der Waals surface area contributed by atoms with Crippen molar-refractivity contribution in [3.63, 3.8) is 0 Å². The summed E-state index contributed by atoms with van der Waals surface area (Å²) in [7, 11) is 1.45. The molecule has 1 aromatic carbocycles. The molecule has 3 aromatic rings. The first-order valence-electron chi connectivity index (χ1n) is 7.82. The summed E-state index contributed by atoms with van der Waals surface area (Å²) in [6, 6.07) is 10.6. The lowest BCUT2D eigenvalue weighted by molar-refractivity contribution is -0.137. The maximum atomic E-state index is 12.8. The number of halogens is 3. The van der Waals surface area contributed by atoms with Gasteiger partial charge >= 0.3 is 12.2 Å². The summed E-state index contributed by atoms with van der Waals surface area (Å²) in [6.07, 6.45) is -2.40. The topological polar surface area (TPSA) is 60.2 Å². The SMILES string of the molecule is COc1nc(NCCc2cccc(C(F)(F)F)c2)cc(-c2ccco2)n1. The number of benzene rings is 1. The van der Waals surface area contributed by atoms with E-state index in [-0.39, 0.29) is 6.01 Å². The number of hydrogen-bond donors (Lipinski definition) is 1. The molecule has 3 rings (SSSR count). The third-order valence-electron chi connectivity index (χ3n) is 3.64. The molecule has 2 aromatic heterocycles. The number of hydrogen-bond acceptors (Lipinski definition) is 5. The molecule has 0 fully saturated rings. The Morgan fingerprint density at radius 3 is 2.65 bits per heavy atom. The van der Waals surface area contributed by atoms with E-state index >= 15 is 0 Å². The summed E-state index contributed by atoms with van der Waals surface area (Å²) in [6.45, 7) is 0.402. The van der Waals surface area contributed by atoms with Crippen LogP contribution in [0.4, 0.5) is 19.0 Å². The van der Waals surface area contributed by atoms with Gasteiger partial charge in [0.05, 0.1) is 18.9 Å². The van der Waals surface area contributed by atoms with E-state index in [0.29, 0.717) is 35.8 Å². The van der Waals surface area contributed by atoms with Crippen molar-refractivity contribution in [1.29, 1.82) is 0 Å². The highest BCUT2D eigenvalue weighted by molar-refractivity contribution is 5.57. The summed E-state index contributed by atoms with van der Waals surface area (Å²) in [5, 5.41) is 3.07. The average Bonchev–Trinajstić information content (AvgIpc) is 3.16. The van der Waals surface area contributed by atoms with Crippen molar-refractivity contribution in [2.75, 3.05) is 19.0 Å². The van der Waals surface area contributed by atoms with E-state index in [1.165, 1.54) is 19.4 Å². The molecule has 0 aliphatic rings. The molecule has 8 heteroatoms. The van der Waals surface area contributed by atoms with Gasteiger partial charge in [0.25, 0.3) is 0 Å². The molecular weight excluding hydrogens is 347 g/mol. The van der Waals surface area contributed by atoms with Gasteiger partial charge in [-0.25, -0.2) is 0 Å². The minimum Gasteiger partial charge on any atom is -0.467 e. The van der Waals surface area contributed by atoms with Gasteiger partial charge in [0.1, 0.15) is 11.5 Å². The molecule has 0 amide bonds. The largest absolute Gasteiger partial charge is 0.467 e. The zero-order valence-electron chi connectivity index (χ0n) is 13.9. The normalized spacial score (nSPS) is 11.4. The second kappa shape index (κ2) is 7.47. The van der Waals surface area contributed by atoms with Crippen molar-refractivity contribution < 1.29 is 22.3 Å². The summed E-state index contributed by atoms with van der Waals surface area (Å²) < 4.78 is 48.7.